The summed E-state index contributed by atoms with van der Waals surface area (Å²) in [6.45, 7) is 20.7. The molecule has 0 saturated carbocycles. The molecule has 0 nitrogen and oxygen atoms in total. The summed E-state index contributed by atoms with van der Waals surface area (Å²) in [4.78, 5) is 0. The summed E-state index contributed by atoms with van der Waals surface area (Å²) in [5.41, 5.74) is 11.6. The van der Waals surface area contributed by atoms with Gasteiger partial charge in [0.05, 0.1) is 0 Å². The molecule has 0 saturated heterocycles. The molecule has 0 fully saturated rings. The van der Waals surface area contributed by atoms with E-state index in [1.807, 2.05) is 0 Å². The molecular weight excluding hydrogens is 683 g/mol. The topological polar surface area (TPSA) is 0 Å². The molecule has 0 spiro atoms. The van der Waals surface area contributed by atoms with Crippen LogP contribution in [0.5, 0.6) is 0 Å². The third kappa shape index (κ3) is 7.84. The molecule has 1 unspecified atom stereocenters. The van der Waals surface area contributed by atoms with Crippen molar-refractivity contribution >= 4 is 37.1 Å². The molecule has 3 radical (unpaired) electrons. The van der Waals surface area contributed by atoms with Crippen molar-refractivity contribution in [3.05, 3.63) is 118 Å². The first-order valence-corrected chi connectivity index (χ1v) is 17.6. The van der Waals surface area contributed by atoms with E-state index >= 15 is 0 Å². The van der Waals surface area contributed by atoms with Crippen LogP contribution in [0.15, 0.2) is 90.5 Å². The number of benzene rings is 4. The van der Waals surface area contributed by atoms with E-state index < -0.39 is 0 Å². The van der Waals surface area contributed by atoms with Gasteiger partial charge in [-0.25, -0.2) is 0 Å². The normalized spacial score (nSPS) is 14.0. The molecule has 45 heavy (non-hydrogen) atoms. The first-order chi connectivity index (χ1) is 20.0. The molecule has 1 aliphatic rings. The van der Waals surface area contributed by atoms with Crippen LogP contribution in [0.4, 0.5) is 0 Å². The zero-order valence-corrected chi connectivity index (χ0v) is 33.4. The van der Waals surface area contributed by atoms with E-state index in [9.17, 15) is 0 Å². The number of hydrogen-bond acceptors (Lipinski definition) is 0. The third-order valence-corrected chi connectivity index (χ3v) is 8.67. The zero-order valence-electron chi connectivity index (χ0n) is 28.4. The van der Waals surface area contributed by atoms with Crippen molar-refractivity contribution in [3.8, 4) is 11.1 Å². The van der Waals surface area contributed by atoms with E-state index in [1.165, 1.54) is 60.5 Å². The Bertz CT molecular complexity index is 1750. The number of rotatable bonds is 4. The predicted molar refractivity (Wildman–Crippen MR) is 189 cm³/mol. The molecule has 0 aliphatic heterocycles. The smallest absolute Gasteiger partial charge is 1.00 e. The maximum Gasteiger partial charge on any atom is 3.00 e. The minimum atomic E-state index is 0. The van der Waals surface area contributed by atoms with Gasteiger partial charge in [-0.2, -0.15) is 0 Å². The van der Waals surface area contributed by atoms with Crippen LogP contribution < -0.4 is 24.8 Å². The van der Waals surface area contributed by atoms with Gasteiger partial charge in [-0.15, -0.1) is 33.7 Å². The molecule has 0 bridgehead atoms. The fourth-order valence-corrected chi connectivity index (χ4v) is 6.72. The molecule has 233 valence electrons. The standard InChI is InChI=1S/C39H41.C2H6Si.2ClH.Zr/c1-8-13-26-23-33-29(25-14-10-9-11-15-25)16-12-17-32(33)36(26)37-34-24-27-22-28(38(2,3)4)18-19-30(27)31(34)20-21-35(37)39(5,6)7;1-3-2;;;/h9-12,14-24,36H,8,13H2,1-7H3;1-2H3;2*1H;/q-1;;;;+3/p-2. The van der Waals surface area contributed by atoms with Gasteiger partial charge in [0.15, 0.2) is 0 Å². The Morgan fingerprint density at radius 3 is 2.00 bits per heavy atom. The molecule has 0 heterocycles. The average molecular weight is 730 g/mol. The van der Waals surface area contributed by atoms with Crippen LogP contribution in [0.25, 0.3) is 38.7 Å². The van der Waals surface area contributed by atoms with Crippen LogP contribution in [-0.2, 0) is 37.0 Å². The SMILES string of the molecule is CCCC1=Cc2c(-c3ccccc3)cccc2C1c1c(C(C)(C)C)ccc2c1[cH-]c1cc(C(C)(C)C)ccc12.C[Si]C.[Cl-].[Cl-].[Zr+3]. The molecule has 4 heteroatoms. The van der Waals surface area contributed by atoms with Crippen LogP contribution in [0.2, 0.25) is 13.1 Å². The number of hydrogen-bond donors (Lipinski definition) is 0. The van der Waals surface area contributed by atoms with Gasteiger partial charge in [0.2, 0.25) is 0 Å². The van der Waals surface area contributed by atoms with Gasteiger partial charge in [-0.05, 0) is 39.5 Å². The van der Waals surface area contributed by atoms with E-state index in [0.717, 1.165) is 22.4 Å². The van der Waals surface area contributed by atoms with Crippen LogP contribution >= 0.6 is 0 Å². The summed E-state index contributed by atoms with van der Waals surface area (Å²) in [5.74, 6) is 0.278. The summed E-state index contributed by atoms with van der Waals surface area (Å²) >= 11 is 0. The quantitative estimate of drug-likeness (QED) is 0.155. The molecule has 1 atom stereocenters. The second-order valence-corrected chi connectivity index (χ2v) is 15.0. The molecule has 6 rings (SSSR count). The first kappa shape index (κ1) is 39.3. The Balaban J connectivity index is 0.00000113. The molecule has 1 aliphatic carbocycles. The van der Waals surface area contributed by atoms with Crippen LogP contribution in [0.3, 0.4) is 0 Å². The van der Waals surface area contributed by atoms with E-state index in [1.54, 1.807) is 5.57 Å². The molecule has 0 amide bonds. The monoisotopic (exact) mass is 727 g/mol. The molecule has 5 aromatic rings. The second kappa shape index (κ2) is 15.8. The zero-order chi connectivity index (χ0) is 30.2. The molecule has 0 aromatic heterocycles. The van der Waals surface area contributed by atoms with Crippen molar-refractivity contribution in [2.45, 2.75) is 91.1 Å². The van der Waals surface area contributed by atoms with E-state index in [4.69, 9.17) is 0 Å². The molecule has 5 aromatic carbocycles. The van der Waals surface area contributed by atoms with Gasteiger partial charge in [0.1, 0.15) is 0 Å². The van der Waals surface area contributed by atoms with Crippen LogP contribution in [0, 0.1) is 0 Å². The predicted octanol–water partition coefficient (Wildman–Crippen LogP) is 6.10. The van der Waals surface area contributed by atoms with Crippen molar-refractivity contribution in [1.82, 2.24) is 0 Å². The van der Waals surface area contributed by atoms with Crippen molar-refractivity contribution in [1.29, 1.82) is 0 Å². The number of halogens is 2. The molecule has 0 N–H and O–H groups in total. The van der Waals surface area contributed by atoms with Gasteiger partial charge in [-0.1, -0.05) is 169 Å². The number of allylic oxidation sites excluding steroid dienone is 1. The Hall–Kier alpha value is -1.83. The van der Waals surface area contributed by atoms with Gasteiger partial charge in [0.25, 0.3) is 0 Å². The Kier molecular flexibility index (Phi) is 13.9. The minimum absolute atomic E-state index is 0. The third-order valence-electron chi connectivity index (χ3n) is 8.67. The van der Waals surface area contributed by atoms with Crippen LogP contribution in [-0.4, -0.2) is 9.52 Å². The second-order valence-electron chi connectivity index (χ2n) is 14.0. The van der Waals surface area contributed by atoms with E-state index in [2.05, 4.69) is 153 Å². The maximum atomic E-state index is 2.53. The summed E-state index contributed by atoms with van der Waals surface area (Å²) in [7, 11) is 1.08. The summed E-state index contributed by atoms with van der Waals surface area (Å²) in [6.07, 6.45) is 4.79. The summed E-state index contributed by atoms with van der Waals surface area (Å²) in [6, 6.07) is 32.3. The van der Waals surface area contributed by atoms with Crippen molar-refractivity contribution < 1.29 is 51.0 Å². The largest absolute Gasteiger partial charge is 3.00 e. The maximum absolute atomic E-state index is 2.53. The van der Waals surface area contributed by atoms with E-state index in [-0.39, 0.29) is 67.8 Å². The minimum Gasteiger partial charge on any atom is -1.00 e. The van der Waals surface area contributed by atoms with Crippen molar-refractivity contribution in [2.75, 3.05) is 0 Å². The van der Waals surface area contributed by atoms with E-state index in [0.29, 0.717) is 0 Å². The van der Waals surface area contributed by atoms with Crippen molar-refractivity contribution in [2.24, 2.45) is 0 Å². The Labute approximate surface area is 306 Å². The Morgan fingerprint density at radius 2 is 1.40 bits per heavy atom. The summed E-state index contributed by atoms with van der Waals surface area (Å²) < 4.78 is 0. The van der Waals surface area contributed by atoms with Gasteiger partial charge < -0.3 is 24.8 Å². The molecular formula is C41H47Cl2SiZr. The van der Waals surface area contributed by atoms with Gasteiger partial charge in [0, 0.05) is 15.4 Å². The fraction of sp³-hybridized carbons (Fsp3) is 0.341. The van der Waals surface area contributed by atoms with Gasteiger partial charge in [-0.3, -0.25) is 0 Å². The first-order valence-electron chi connectivity index (χ1n) is 15.6. The average Bonchev–Trinajstić information content (AvgIpc) is 3.50. The number of fused-ring (bicyclic) bond motifs is 4. The van der Waals surface area contributed by atoms with Crippen molar-refractivity contribution in [3.63, 3.8) is 0 Å². The Morgan fingerprint density at radius 1 is 0.756 bits per heavy atom. The fourth-order valence-electron chi connectivity index (χ4n) is 6.72. The van der Waals surface area contributed by atoms with Crippen LogP contribution in [0.1, 0.15) is 95.0 Å². The summed E-state index contributed by atoms with van der Waals surface area (Å²) in [5, 5.41) is 5.55. The van der Waals surface area contributed by atoms with Gasteiger partial charge >= 0.3 is 26.2 Å².